The van der Waals surface area contributed by atoms with Crippen LogP contribution >= 0.6 is 12.4 Å². The minimum absolute atomic E-state index is 0. The number of aliphatic hydroxyl groups excluding tert-OH is 2. The molecule has 0 spiro atoms. The molecule has 0 aromatic carbocycles. The van der Waals surface area contributed by atoms with Gasteiger partial charge in [-0.2, -0.15) is 0 Å². The maximum Gasteiger partial charge on any atom is 0.408 e. The van der Waals surface area contributed by atoms with Crippen molar-refractivity contribution >= 4 is 113 Å². The molecule has 11 unspecified atom stereocenters. The monoisotopic (exact) mass is 1600 g/mol. The van der Waals surface area contributed by atoms with Gasteiger partial charge in [0.2, 0.25) is 35.3 Å². The van der Waals surface area contributed by atoms with E-state index in [2.05, 4.69) is 62.3 Å². The Hall–Kier alpha value is -9.66. The average molecular weight is 1600 g/mol. The molecule has 0 aromatic heterocycles. The number of Topliss-reactive ketones (excluding diaryl/α,β-unsaturated/α-hetero) is 1. The Morgan fingerprint density at radius 3 is 1.14 bits per heavy atom. The molecule has 3 rings (SSSR count). The second-order valence-electron chi connectivity index (χ2n) is 27.7. The number of ether oxygens (including phenoxy) is 4. The van der Waals surface area contributed by atoms with Crippen molar-refractivity contribution in [2.75, 3.05) is 85.8 Å². The van der Waals surface area contributed by atoms with Crippen LogP contribution in [0.15, 0.2) is 38.0 Å². The van der Waals surface area contributed by atoms with Crippen LogP contribution in [0, 0.1) is 17.8 Å². The van der Waals surface area contributed by atoms with Crippen molar-refractivity contribution < 1.29 is 111 Å². The number of halogens is 1. The third-order valence-corrected chi connectivity index (χ3v) is 16.7. The number of alkyl carbamates (subject to hydrolysis) is 1. The van der Waals surface area contributed by atoms with Crippen LogP contribution in [0.1, 0.15) is 142 Å². The zero-order valence-electron chi connectivity index (χ0n) is 66.8. The number of nitrogens with one attached hydrogen (secondary N) is 8. The molecule has 38 nitrogen and oxygen atoms in total. The smallest absolute Gasteiger partial charge is 0.408 e. The summed E-state index contributed by atoms with van der Waals surface area (Å²) < 4.78 is 19.9. The normalized spacial score (nSPS) is 17.4. The van der Waals surface area contributed by atoms with Crippen molar-refractivity contribution in [3.63, 3.8) is 0 Å². The number of likely N-dealkylation sites (N-methyl/N-ethyl adjacent to an activating group) is 1. The maximum absolute atomic E-state index is 13.7. The highest BCUT2D eigenvalue weighted by molar-refractivity contribution is 6.38. The summed E-state index contributed by atoms with van der Waals surface area (Å²) >= 11 is 0. The standard InChI is InChI=1S/C27H45N5O9.C23H37N5O7.C22H37N5O7.ClH/c1-9-12-17(21(34)23(36)28-13-10-2)29-22(35)18-14-31(15-19(33)40-11-3)26(39)32(18)24(37)20(16(4)5)30-25(38)41-27(6,7)8;1-7-10-15(19(30)21(32)25-11-8-2)26-20(31)16-12-27(13-17(29)35-9-3)23(34)28(16)22(33)18(24-6)14(4)5;1-6-9-14(18(29)20(31)24-10-7-2)25-19(30)15-11-26(12-16(28)34-8-3)22(33)27(15)21(32)17(23)13(4)5;/h10,16-18,20-21,34H,2,9,11-15H2,1,3-8H3,(H,28,36)(H,29,35)(H,30,38);8,14-16,18,24H,2,7,9-13H2,1,3-6H3,(H,25,32)(H,26,31);7,13-15,17-18,29H,2,6,8-12,23H2,1,3-5H3,(H,24,31)(H,25,30);1H. The molecule has 3 aliphatic rings. The average Bonchev–Trinajstić information content (AvgIpc) is 1.65. The van der Waals surface area contributed by atoms with Gasteiger partial charge in [-0.3, -0.25) is 62.3 Å². The van der Waals surface area contributed by atoms with Crippen molar-refractivity contribution in [3.8, 4) is 0 Å². The molecule has 628 valence electrons. The summed E-state index contributed by atoms with van der Waals surface area (Å²) in [5.41, 5.74) is 5.10. The van der Waals surface area contributed by atoms with Gasteiger partial charge in [-0.25, -0.2) is 33.9 Å². The fraction of sp³-hybridized carbons (Fsp3) is 0.681. The lowest BCUT2D eigenvalue weighted by Gasteiger charge is -2.30. The highest BCUT2D eigenvalue weighted by Gasteiger charge is 2.52. The van der Waals surface area contributed by atoms with E-state index in [-0.39, 0.29) is 103 Å². The first-order chi connectivity index (χ1) is 51.6. The number of hydrogen-bond donors (Lipinski definition) is 11. The lowest BCUT2D eigenvalue weighted by atomic mass is 10.0. The number of carbonyl (C=O) groups excluding carboxylic acids is 17. The van der Waals surface area contributed by atoms with E-state index in [4.69, 9.17) is 24.7 Å². The molecule has 0 saturated carbocycles. The molecule has 16 amide bonds. The van der Waals surface area contributed by atoms with Crippen molar-refractivity contribution in [3.05, 3.63) is 38.0 Å². The number of carbonyl (C=O) groups is 17. The molecule has 3 saturated heterocycles. The predicted molar refractivity (Wildman–Crippen MR) is 406 cm³/mol. The lowest BCUT2D eigenvalue weighted by molar-refractivity contribution is -0.144. The highest BCUT2D eigenvalue weighted by Crippen LogP contribution is 2.25. The second kappa shape index (κ2) is 50.3. The summed E-state index contributed by atoms with van der Waals surface area (Å²) in [4.78, 5) is 223. The SMILES string of the molecule is C=CCNC(=O)C(=O)C(CCC)NC(=O)C1CN(CC(=O)OCC)C(=O)N1C(=O)C(NC)C(C)C.C=CCNC(=O)C(O)C(CCC)NC(=O)C1CN(CC(=O)OCC)C(=O)N1C(=O)C(N)C(C)C.C=CCNC(=O)C(O)C(CCC)NC(=O)C1CN(CC(=O)OCC)C(=O)N1C(=O)C(NC(=O)OC(C)(C)C)C(C)C.Cl. The van der Waals surface area contributed by atoms with Gasteiger partial charge in [0.05, 0.1) is 69.7 Å². The van der Waals surface area contributed by atoms with E-state index in [1.54, 1.807) is 104 Å². The number of ketones is 1. The number of hydrogen-bond acceptors (Lipinski definition) is 25. The van der Waals surface area contributed by atoms with Gasteiger partial charge in [0.15, 0.2) is 12.2 Å². The van der Waals surface area contributed by atoms with Crippen molar-refractivity contribution in [2.45, 2.75) is 215 Å². The van der Waals surface area contributed by atoms with E-state index in [0.717, 1.165) is 24.5 Å². The van der Waals surface area contributed by atoms with E-state index < -0.39 is 199 Å². The number of nitrogens with zero attached hydrogens (tertiary/aromatic N) is 6. The Kier molecular flexibility index (Phi) is 45.9. The van der Waals surface area contributed by atoms with Crippen LogP contribution in [0.5, 0.6) is 0 Å². The van der Waals surface area contributed by atoms with Crippen molar-refractivity contribution in [1.29, 1.82) is 0 Å². The van der Waals surface area contributed by atoms with Crippen LogP contribution in [0.25, 0.3) is 0 Å². The van der Waals surface area contributed by atoms with Gasteiger partial charge in [0, 0.05) is 19.6 Å². The molecule has 0 radical (unpaired) electrons. The minimum atomic E-state index is -1.62. The zero-order valence-corrected chi connectivity index (χ0v) is 67.6. The Morgan fingerprint density at radius 1 is 0.505 bits per heavy atom. The zero-order chi connectivity index (χ0) is 84.2. The Labute approximate surface area is 655 Å². The van der Waals surface area contributed by atoms with Gasteiger partial charge < -0.3 is 92.1 Å². The molecule has 0 aromatic rings. The lowest BCUT2D eigenvalue weighted by Crippen LogP contribution is -2.59. The van der Waals surface area contributed by atoms with Gasteiger partial charge >= 0.3 is 42.1 Å². The molecule has 3 fully saturated rings. The molecule has 11 atom stereocenters. The number of esters is 3. The Balaban J connectivity index is 0.00000164. The minimum Gasteiger partial charge on any atom is -0.465 e. The van der Waals surface area contributed by atoms with Crippen LogP contribution in [0.3, 0.4) is 0 Å². The van der Waals surface area contributed by atoms with Gasteiger partial charge in [-0.15, -0.1) is 32.1 Å². The van der Waals surface area contributed by atoms with E-state index >= 15 is 0 Å². The Bertz CT molecular complexity index is 3240. The van der Waals surface area contributed by atoms with Crippen LogP contribution in [0.2, 0.25) is 0 Å². The topological polar surface area (TPSA) is 509 Å². The Morgan fingerprint density at radius 2 is 0.838 bits per heavy atom. The van der Waals surface area contributed by atoms with Gasteiger partial charge in [-0.05, 0) is 85.6 Å². The number of aliphatic hydroxyl groups is 2. The largest absolute Gasteiger partial charge is 0.465 e. The van der Waals surface area contributed by atoms with E-state index in [0.29, 0.717) is 24.2 Å². The summed E-state index contributed by atoms with van der Waals surface area (Å²) in [6.45, 7) is 34.2. The van der Waals surface area contributed by atoms with Crippen LogP contribution in [-0.2, 0) is 81.3 Å². The van der Waals surface area contributed by atoms with Crippen LogP contribution < -0.4 is 48.3 Å². The summed E-state index contributed by atoms with van der Waals surface area (Å²) in [5.74, 6) is -10.9. The van der Waals surface area contributed by atoms with Gasteiger partial charge in [0.1, 0.15) is 49.4 Å². The molecular weight excluding hydrogens is 1480 g/mol. The quantitative estimate of drug-likeness (QED) is 0.0163. The maximum atomic E-state index is 13.7. The molecular formula is C72H120ClN15O23. The van der Waals surface area contributed by atoms with E-state index in [9.17, 15) is 91.7 Å². The van der Waals surface area contributed by atoms with E-state index in [1.807, 2.05) is 6.92 Å². The number of imide groups is 3. The first kappa shape index (κ1) is 101. The molecule has 3 heterocycles. The summed E-state index contributed by atoms with van der Waals surface area (Å²) in [7, 11) is 1.56. The summed E-state index contributed by atoms with van der Waals surface area (Å²) in [6.07, 6.45) is 2.40. The third-order valence-electron chi connectivity index (χ3n) is 16.7. The van der Waals surface area contributed by atoms with Crippen molar-refractivity contribution in [2.24, 2.45) is 23.5 Å². The van der Waals surface area contributed by atoms with Crippen LogP contribution in [0.4, 0.5) is 19.2 Å². The van der Waals surface area contributed by atoms with Gasteiger partial charge in [-0.1, -0.05) is 99.8 Å². The first-order valence-corrected chi connectivity index (χ1v) is 36.8. The molecule has 0 aliphatic carbocycles. The van der Waals surface area contributed by atoms with E-state index in [1.165, 1.54) is 18.2 Å². The molecule has 3 aliphatic heterocycles. The fourth-order valence-corrected chi connectivity index (χ4v) is 11.2. The van der Waals surface area contributed by atoms with Gasteiger partial charge in [0.25, 0.3) is 23.6 Å². The summed E-state index contributed by atoms with van der Waals surface area (Å²) in [5, 5.41) is 41.4. The number of amides is 16. The summed E-state index contributed by atoms with van der Waals surface area (Å²) in [6, 6.07) is -12.9. The fourth-order valence-electron chi connectivity index (χ4n) is 11.2. The number of urea groups is 3. The predicted octanol–water partition coefficient (Wildman–Crippen LogP) is -0.203. The molecule has 111 heavy (non-hydrogen) atoms. The number of rotatable bonds is 41. The third kappa shape index (κ3) is 31.6. The number of nitrogens with two attached hydrogens (primary N) is 1. The molecule has 12 N–H and O–H groups in total. The van der Waals surface area contributed by atoms with Crippen LogP contribution in [-0.4, -0.2) is 299 Å². The molecule has 0 bridgehead atoms. The van der Waals surface area contributed by atoms with Crippen molar-refractivity contribution in [1.82, 2.24) is 71.9 Å². The first-order valence-electron chi connectivity index (χ1n) is 36.8. The second-order valence-corrected chi connectivity index (χ2v) is 27.7. The highest BCUT2D eigenvalue weighted by atomic mass is 35.5. The molecule has 39 heteroatoms.